The smallest absolute Gasteiger partial charge is 0.341 e. The van der Waals surface area contributed by atoms with Crippen LogP contribution in [-0.4, -0.2) is 87.8 Å². The normalized spacial score (nSPS) is 8.98. The number of carbonyl (C=O) groups excluding carboxylic acids is 4. The molecule has 0 aliphatic rings. The maximum atomic E-state index is 11.2. The third-order valence-electron chi connectivity index (χ3n) is 5.76. The third-order valence-corrected chi connectivity index (χ3v) is 5.76. The zero-order chi connectivity index (χ0) is 39.5. The summed E-state index contributed by atoms with van der Waals surface area (Å²) < 4.78 is 9.28. The number of carbonyl (C=O) groups is 5. The molecule has 0 aliphatic heterocycles. The maximum absolute atomic E-state index is 11.2. The van der Waals surface area contributed by atoms with Crippen molar-refractivity contribution >= 4 is 29.6 Å². The van der Waals surface area contributed by atoms with E-state index in [-0.39, 0.29) is 36.7 Å². The van der Waals surface area contributed by atoms with Gasteiger partial charge >= 0.3 is 17.9 Å². The van der Waals surface area contributed by atoms with E-state index >= 15 is 0 Å². The van der Waals surface area contributed by atoms with Gasteiger partial charge in [-0.2, -0.15) is 0 Å². The number of esters is 2. The van der Waals surface area contributed by atoms with Gasteiger partial charge in [0.2, 0.25) is 0 Å². The summed E-state index contributed by atoms with van der Waals surface area (Å²) in [4.78, 5) is 85.6. The van der Waals surface area contributed by atoms with Crippen LogP contribution < -0.4 is 5.73 Å². The number of amides is 1. The highest BCUT2D eigenvalue weighted by atomic mass is 16.5. The van der Waals surface area contributed by atoms with E-state index in [0.29, 0.717) is 42.4 Å². The topological polar surface area (TPSA) is 302 Å². The number of nitrogens with two attached hydrogens (primary N) is 1. The van der Waals surface area contributed by atoms with Crippen molar-refractivity contribution in [2.24, 2.45) is 10.8 Å². The first-order valence-corrected chi connectivity index (χ1v) is 15.1. The number of ketones is 1. The summed E-state index contributed by atoms with van der Waals surface area (Å²) in [5.74, 6) is -2.61. The van der Waals surface area contributed by atoms with E-state index in [1.165, 1.54) is 50.8 Å². The van der Waals surface area contributed by atoms with E-state index < -0.39 is 17.8 Å². The molecule has 0 aromatic carbocycles. The van der Waals surface area contributed by atoms with Gasteiger partial charge in [0.05, 0.1) is 47.0 Å². The van der Waals surface area contributed by atoms with Gasteiger partial charge in [-0.3, -0.25) is 14.4 Å². The number of carboxylic acids is 1. The first-order chi connectivity index (χ1) is 24.7. The SMILES string of the molecule is C.CCOC(=O)CC(C)=O.CCOC(=O)c1cncnc1C.Cc1ncncc1C(=O)N=[N+]=[N-].Cc1ncncc1C(=O)O.Cc1ncncc1CN. The molecule has 0 fully saturated rings. The van der Waals surface area contributed by atoms with E-state index in [2.05, 4.69) is 54.6 Å². The van der Waals surface area contributed by atoms with Crippen LogP contribution in [0.2, 0.25) is 0 Å². The zero-order valence-electron chi connectivity index (χ0n) is 29.7. The Hall–Kier alpha value is -6.66. The fraction of sp³-hybridized carbons (Fsp3) is 0.364. The van der Waals surface area contributed by atoms with Crippen LogP contribution in [0, 0.1) is 27.7 Å². The summed E-state index contributed by atoms with van der Waals surface area (Å²) in [7, 11) is 0. The quantitative estimate of drug-likeness (QED) is 0.0845. The minimum Gasteiger partial charge on any atom is -0.478 e. The second-order valence-corrected chi connectivity index (χ2v) is 9.61. The minimum atomic E-state index is -0.988. The molecule has 0 saturated heterocycles. The van der Waals surface area contributed by atoms with Gasteiger partial charge in [-0.1, -0.05) is 7.43 Å². The first-order valence-electron chi connectivity index (χ1n) is 15.1. The van der Waals surface area contributed by atoms with Crippen LogP contribution in [0.25, 0.3) is 10.4 Å². The van der Waals surface area contributed by atoms with Crippen molar-refractivity contribution in [3.63, 3.8) is 0 Å². The Morgan fingerprint density at radius 3 is 1.51 bits per heavy atom. The number of nitrogens with zero attached hydrogens (tertiary/aromatic N) is 11. The van der Waals surface area contributed by atoms with Gasteiger partial charge in [0.25, 0.3) is 5.91 Å². The van der Waals surface area contributed by atoms with E-state index in [0.717, 1.165) is 11.3 Å². The highest BCUT2D eigenvalue weighted by molar-refractivity contribution is 5.95. The molecule has 0 atom stereocenters. The van der Waals surface area contributed by atoms with Crippen molar-refractivity contribution in [1.82, 2.24) is 39.9 Å². The molecule has 0 saturated carbocycles. The van der Waals surface area contributed by atoms with Crippen molar-refractivity contribution in [2.45, 2.75) is 68.9 Å². The van der Waals surface area contributed by atoms with Gasteiger partial charge < -0.3 is 20.3 Å². The fourth-order valence-electron chi connectivity index (χ4n) is 3.13. The molecule has 4 aromatic heterocycles. The van der Waals surface area contributed by atoms with Crippen molar-refractivity contribution in [3.05, 3.63) is 106 Å². The second kappa shape index (κ2) is 28.1. The summed E-state index contributed by atoms with van der Waals surface area (Å²) in [6.45, 7) is 13.0. The van der Waals surface area contributed by atoms with Crippen LogP contribution >= 0.6 is 0 Å². The molecule has 3 N–H and O–H groups in total. The van der Waals surface area contributed by atoms with Crippen LogP contribution in [0.1, 0.15) is 94.0 Å². The number of aromatic carboxylic acids is 1. The van der Waals surface area contributed by atoms with E-state index in [9.17, 15) is 24.0 Å². The number of Topliss-reactive ketones (excluding diaryl/α,β-unsaturated/α-hetero) is 1. The minimum absolute atomic E-state index is 0. The van der Waals surface area contributed by atoms with Crippen LogP contribution in [-0.2, 0) is 25.6 Å². The van der Waals surface area contributed by atoms with Gasteiger partial charge in [0, 0.05) is 47.5 Å². The van der Waals surface area contributed by atoms with Crippen LogP contribution in [0.15, 0.2) is 55.2 Å². The van der Waals surface area contributed by atoms with Gasteiger partial charge in [0.1, 0.15) is 37.5 Å². The largest absolute Gasteiger partial charge is 0.478 e. The van der Waals surface area contributed by atoms with E-state index in [1.54, 1.807) is 40.8 Å². The molecule has 4 heterocycles. The molecule has 4 aromatic rings. The van der Waals surface area contributed by atoms with E-state index in [4.69, 9.17) is 21.1 Å². The summed E-state index contributed by atoms with van der Waals surface area (Å²) in [6, 6.07) is 0. The molecule has 0 spiro atoms. The van der Waals surface area contributed by atoms with Crippen molar-refractivity contribution < 1.29 is 38.6 Å². The van der Waals surface area contributed by atoms with Crippen LogP contribution in [0.3, 0.4) is 0 Å². The van der Waals surface area contributed by atoms with Gasteiger partial charge in [-0.25, -0.2) is 49.5 Å². The van der Waals surface area contributed by atoms with Crippen LogP contribution in [0.5, 0.6) is 0 Å². The Morgan fingerprint density at radius 1 is 0.736 bits per heavy atom. The summed E-state index contributed by atoms with van der Waals surface area (Å²) in [5, 5.41) is 11.4. The van der Waals surface area contributed by atoms with Gasteiger partial charge in [-0.15, -0.1) is 0 Å². The lowest BCUT2D eigenvalue weighted by atomic mass is 10.2. The van der Waals surface area contributed by atoms with Crippen molar-refractivity contribution in [1.29, 1.82) is 0 Å². The molecule has 4 rings (SSSR count). The Morgan fingerprint density at radius 2 is 1.17 bits per heavy atom. The average Bonchev–Trinajstić information content (AvgIpc) is 3.10. The third kappa shape index (κ3) is 20.6. The average molecular weight is 737 g/mol. The highest BCUT2D eigenvalue weighted by Crippen LogP contribution is 2.04. The summed E-state index contributed by atoms with van der Waals surface area (Å²) in [5.41, 5.74) is 17.8. The lowest BCUT2D eigenvalue weighted by Crippen LogP contribution is -2.08. The predicted molar refractivity (Wildman–Crippen MR) is 190 cm³/mol. The zero-order valence-corrected chi connectivity index (χ0v) is 29.7. The number of carboxylic acid groups (broad SMARTS) is 1. The number of ether oxygens (including phenoxy) is 2. The Balaban J connectivity index is 0. The summed E-state index contributed by atoms with van der Waals surface area (Å²) in [6.07, 6.45) is 11.3. The number of aryl methyl sites for hydroxylation is 4. The van der Waals surface area contributed by atoms with Crippen molar-refractivity contribution in [2.75, 3.05) is 13.2 Å². The number of aromatic nitrogens is 8. The monoisotopic (exact) mass is 736 g/mol. The number of hydrogen-bond donors (Lipinski definition) is 2. The van der Waals surface area contributed by atoms with Crippen molar-refractivity contribution in [3.8, 4) is 0 Å². The molecule has 53 heavy (non-hydrogen) atoms. The van der Waals surface area contributed by atoms with E-state index in [1.807, 2.05) is 6.92 Å². The molecule has 284 valence electrons. The van der Waals surface area contributed by atoms with Crippen LogP contribution in [0.4, 0.5) is 0 Å². The Labute approximate surface area is 306 Å². The molecule has 1 amide bonds. The molecular formula is C33H44N12O8. The molecule has 20 heteroatoms. The molecule has 0 radical (unpaired) electrons. The molecule has 0 bridgehead atoms. The lowest BCUT2D eigenvalue weighted by molar-refractivity contribution is -0.145. The number of azide groups is 1. The maximum Gasteiger partial charge on any atom is 0.341 e. The second-order valence-electron chi connectivity index (χ2n) is 9.61. The fourth-order valence-corrected chi connectivity index (χ4v) is 3.13. The molecule has 0 unspecified atom stereocenters. The first kappa shape index (κ1) is 48.5. The standard InChI is InChI=1S/C8H10N2O2.C6H5N5O.C6H9N3.C6H6N2O2.C6H10O3.CH4/c1-3-12-8(11)7-4-9-5-10-6(7)2;1-4-5(2-8-3-9-4)6(12)10-11-7;1-5-6(2-7)3-8-4-9-5;1-4-5(6(9)10)2-7-3-8-4;1-3-9-6(8)4-5(2)7;/h4-5H,3H2,1-2H3;2-3H,1H3;3-4H,2,7H2,1H3;2-3H,1H3,(H,9,10);3-4H2,1-2H3;1H4. The summed E-state index contributed by atoms with van der Waals surface area (Å²) >= 11 is 0. The molecule has 20 nitrogen and oxygen atoms in total. The number of hydrogen-bond acceptors (Lipinski definition) is 16. The highest BCUT2D eigenvalue weighted by Gasteiger charge is 2.10. The molecular weight excluding hydrogens is 692 g/mol. The predicted octanol–water partition coefficient (Wildman–Crippen LogP) is 4.09. The van der Waals surface area contributed by atoms with Gasteiger partial charge in [-0.05, 0) is 59.1 Å². The Bertz CT molecular complexity index is 1820. The van der Waals surface area contributed by atoms with Gasteiger partial charge in [0.15, 0.2) is 0 Å². The Kier molecular flexibility index (Phi) is 25.7. The lowest BCUT2D eigenvalue weighted by Gasteiger charge is -2.02. The molecule has 0 aliphatic carbocycles. The number of rotatable bonds is 8.